The minimum Gasteiger partial charge on any atom is -0.466 e. The zero-order valence-electron chi connectivity index (χ0n) is 47.7. The third kappa shape index (κ3) is 57.2. The van der Waals surface area contributed by atoms with E-state index in [1.165, 1.54) is 244 Å². The predicted molar refractivity (Wildman–Crippen MR) is 310 cm³/mol. The van der Waals surface area contributed by atoms with E-state index in [0.29, 0.717) is 25.9 Å². The zero-order chi connectivity index (χ0) is 51.4. The van der Waals surface area contributed by atoms with Crippen molar-refractivity contribution in [2.45, 2.75) is 353 Å². The number of carbonyl (C=O) groups excluding carboxylic acids is 2. The van der Waals surface area contributed by atoms with Gasteiger partial charge in [0.15, 0.2) is 0 Å². The number of hydrogen-bond acceptors (Lipinski definition) is 5. The Morgan fingerprint density at radius 3 is 1.14 bits per heavy atom. The zero-order valence-corrected chi connectivity index (χ0v) is 47.7. The Balaban J connectivity index is 3.46. The van der Waals surface area contributed by atoms with Crippen LogP contribution in [0.3, 0.4) is 0 Å². The second-order valence-electron chi connectivity index (χ2n) is 21.7. The van der Waals surface area contributed by atoms with E-state index in [1.54, 1.807) is 0 Å². The maximum Gasteiger partial charge on any atom is 0.305 e. The van der Waals surface area contributed by atoms with Crippen molar-refractivity contribution in [1.82, 2.24) is 5.32 Å². The molecule has 0 aliphatic heterocycles. The van der Waals surface area contributed by atoms with Gasteiger partial charge in [0.2, 0.25) is 5.91 Å². The molecule has 6 nitrogen and oxygen atoms in total. The molecular formula is C65H123NO5. The second-order valence-corrected chi connectivity index (χ2v) is 21.7. The fourth-order valence-electron chi connectivity index (χ4n) is 9.79. The molecular weight excluding hydrogens is 875 g/mol. The van der Waals surface area contributed by atoms with Crippen LogP contribution in [0.2, 0.25) is 0 Å². The number of esters is 1. The van der Waals surface area contributed by atoms with Crippen LogP contribution in [-0.2, 0) is 14.3 Å². The summed E-state index contributed by atoms with van der Waals surface area (Å²) in [6.45, 7) is 4.88. The van der Waals surface area contributed by atoms with Gasteiger partial charge in [-0.25, -0.2) is 0 Å². The Labute approximate surface area is 443 Å². The van der Waals surface area contributed by atoms with E-state index in [4.69, 9.17) is 4.74 Å². The standard InChI is InChI=1S/C65H123NO5/c1-3-5-7-9-11-13-15-17-18-19-20-21-22-23-24-25-27-30-34-37-41-45-49-53-57-63(68)62(61-67)66-64(69)58-54-50-46-42-38-35-31-28-26-29-32-36-40-44-48-52-56-60-71-65(70)59-55-51-47-43-39-33-16-14-12-10-8-6-4-2/h8,10,14,16,26,29,62-63,67-68H,3-7,9,11-13,15,17-25,27-28,30-61H2,1-2H3,(H,66,69)/b10-8-,16-14-,29-26-. The summed E-state index contributed by atoms with van der Waals surface area (Å²) in [5.74, 6) is -0.0611. The molecule has 0 aliphatic rings. The van der Waals surface area contributed by atoms with E-state index in [9.17, 15) is 19.8 Å². The maximum absolute atomic E-state index is 12.5. The first kappa shape index (κ1) is 69.1. The third-order valence-electron chi connectivity index (χ3n) is 14.6. The number of rotatable bonds is 59. The number of ether oxygens (including phenoxy) is 1. The molecule has 6 heteroatoms. The largest absolute Gasteiger partial charge is 0.466 e. The van der Waals surface area contributed by atoms with Gasteiger partial charge in [0.05, 0.1) is 25.4 Å². The number of aliphatic hydroxyl groups excluding tert-OH is 2. The molecule has 0 saturated heterocycles. The molecule has 2 unspecified atom stereocenters. The number of unbranched alkanes of at least 4 members (excludes halogenated alkanes) is 42. The van der Waals surface area contributed by atoms with Gasteiger partial charge in [0.25, 0.3) is 0 Å². The van der Waals surface area contributed by atoms with Gasteiger partial charge >= 0.3 is 5.97 Å². The molecule has 71 heavy (non-hydrogen) atoms. The van der Waals surface area contributed by atoms with Crippen LogP contribution >= 0.6 is 0 Å². The minimum absolute atomic E-state index is 0.0167. The number of aliphatic hydroxyl groups is 2. The first-order chi connectivity index (χ1) is 35.0. The minimum atomic E-state index is -0.674. The SMILES string of the molecule is CCC/C=C\C/C=C\CCCCCCCC(=O)OCCCCCCCC/C=C\CCCCCCCCCC(=O)NC(CO)C(O)CCCCCCCCCCCCCCCCCCCCCCCCCC. The lowest BCUT2D eigenvalue weighted by molar-refractivity contribution is -0.143. The van der Waals surface area contributed by atoms with Crippen LogP contribution in [0.1, 0.15) is 341 Å². The van der Waals surface area contributed by atoms with Gasteiger partial charge in [-0.3, -0.25) is 9.59 Å². The molecule has 3 N–H and O–H groups in total. The molecule has 0 aromatic rings. The highest BCUT2D eigenvalue weighted by atomic mass is 16.5. The van der Waals surface area contributed by atoms with Crippen LogP contribution in [0.5, 0.6) is 0 Å². The smallest absolute Gasteiger partial charge is 0.305 e. The van der Waals surface area contributed by atoms with Crippen LogP contribution in [0.25, 0.3) is 0 Å². The summed E-state index contributed by atoms with van der Waals surface area (Å²) >= 11 is 0. The molecule has 418 valence electrons. The van der Waals surface area contributed by atoms with Crippen molar-refractivity contribution in [1.29, 1.82) is 0 Å². The van der Waals surface area contributed by atoms with Crippen LogP contribution in [-0.4, -0.2) is 47.4 Å². The Morgan fingerprint density at radius 1 is 0.394 bits per heavy atom. The topological polar surface area (TPSA) is 95.9 Å². The molecule has 0 fully saturated rings. The number of allylic oxidation sites excluding steroid dienone is 6. The molecule has 0 aromatic heterocycles. The van der Waals surface area contributed by atoms with Crippen LogP contribution in [0.15, 0.2) is 36.5 Å². The highest BCUT2D eigenvalue weighted by molar-refractivity contribution is 5.76. The monoisotopic (exact) mass is 998 g/mol. The number of nitrogens with one attached hydrogen (secondary N) is 1. The molecule has 0 spiro atoms. The summed E-state index contributed by atoms with van der Waals surface area (Å²) in [5, 5.41) is 23.4. The quantitative estimate of drug-likeness (QED) is 0.0321. The normalized spacial score (nSPS) is 12.8. The van der Waals surface area contributed by atoms with Crippen molar-refractivity contribution in [3.63, 3.8) is 0 Å². The molecule has 1 amide bonds. The Bertz CT molecular complexity index is 1150. The number of hydrogen-bond donors (Lipinski definition) is 3. The fourth-order valence-corrected chi connectivity index (χ4v) is 9.79. The van der Waals surface area contributed by atoms with Gasteiger partial charge in [0.1, 0.15) is 0 Å². The van der Waals surface area contributed by atoms with Crippen molar-refractivity contribution in [2.75, 3.05) is 13.2 Å². The fraction of sp³-hybridized carbons (Fsp3) is 0.877. The Morgan fingerprint density at radius 2 is 0.732 bits per heavy atom. The number of carbonyl (C=O) groups is 2. The third-order valence-corrected chi connectivity index (χ3v) is 14.6. The van der Waals surface area contributed by atoms with Crippen molar-refractivity contribution >= 4 is 11.9 Å². The molecule has 0 aromatic carbocycles. The lowest BCUT2D eigenvalue weighted by atomic mass is 10.0. The molecule has 0 heterocycles. The lowest BCUT2D eigenvalue weighted by Gasteiger charge is -2.22. The molecule has 0 radical (unpaired) electrons. The van der Waals surface area contributed by atoms with E-state index in [2.05, 4.69) is 55.6 Å². The summed E-state index contributed by atoms with van der Waals surface area (Å²) in [5.41, 5.74) is 0. The second kappa shape index (κ2) is 60.6. The van der Waals surface area contributed by atoms with Gasteiger partial charge < -0.3 is 20.3 Å². The van der Waals surface area contributed by atoms with Crippen LogP contribution in [0.4, 0.5) is 0 Å². The molecule has 0 rings (SSSR count). The lowest BCUT2D eigenvalue weighted by Crippen LogP contribution is -2.45. The first-order valence-electron chi connectivity index (χ1n) is 31.7. The van der Waals surface area contributed by atoms with Crippen molar-refractivity contribution in [3.8, 4) is 0 Å². The predicted octanol–water partition coefficient (Wildman–Crippen LogP) is 20.0. The van der Waals surface area contributed by atoms with E-state index < -0.39 is 12.1 Å². The van der Waals surface area contributed by atoms with Crippen LogP contribution < -0.4 is 5.32 Å². The van der Waals surface area contributed by atoms with Crippen molar-refractivity contribution in [3.05, 3.63) is 36.5 Å². The summed E-state index contributed by atoms with van der Waals surface area (Å²) in [7, 11) is 0. The highest BCUT2D eigenvalue weighted by Gasteiger charge is 2.20. The van der Waals surface area contributed by atoms with Gasteiger partial charge in [-0.2, -0.15) is 0 Å². The van der Waals surface area contributed by atoms with Gasteiger partial charge in [-0.1, -0.05) is 288 Å². The highest BCUT2D eigenvalue weighted by Crippen LogP contribution is 2.18. The van der Waals surface area contributed by atoms with E-state index in [-0.39, 0.29) is 18.5 Å². The summed E-state index contributed by atoms with van der Waals surface area (Å²) < 4.78 is 5.46. The first-order valence-corrected chi connectivity index (χ1v) is 31.7. The van der Waals surface area contributed by atoms with Crippen molar-refractivity contribution in [2.24, 2.45) is 0 Å². The molecule has 2 atom stereocenters. The number of amides is 1. The van der Waals surface area contributed by atoms with Crippen molar-refractivity contribution < 1.29 is 24.5 Å². The summed E-state index contributed by atoms with van der Waals surface area (Å²) in [4.78, 5) is 24.6. The summed E-state index contributed by atoms with van der Waals surface area (Å²) in [6.07, 6.45) is 75.8. The Kier molecular flexibility index (Phi) is 59.0. The molecule has 0 aliphatic carbocycles. The van der Waals surface area contributed by atoms with Gasteiger partial charge in [-0.15, -0.1) is 0 Å². The summed E-state index contributed by atoms with van der Waals surface area (Å²) in [6, 6.07) is -0.553. The molecule has 0 bridgehead atoms. The van der Waals surface area contributed by atoms with Gasteiger partial charge in [-0.05, 0) is 77.0 Å². The van der Waals surface area contributed by atoms with E-state index >= 15 is 0 Å². The van der Waals surface area contributed by atoms with Gasteiger partial charge in [0, 0.05) is 12.8 Å². The van der Waals surface area contributed by atoms with E-state index in [1.807, 2.05) is 0 Å². The maximum atomic E-state index is 12.5. The van der Waals surface area contributed by atoms with Crippen LogP contribution in [0, 0.1) is 0 Å². The average Bonchev–Trinajstić information content (AvgIpc) is 3.37. The average molecular weight is 999 g/mol. The Hall–Kier alpha value is -1.92. The molecule has 0 saturated carbocycles. The van der Waals surface area contributed by atoms with E-state index in [0.717, 1.165) is 64.2 Å².